The first kappa shape index (κ1) is 9.07. The second-order valence-electron chi connectivity index (χ2n) is 2.69. The molecule has 12 heavy (non-hydrogen) atoms. The predicted octanol–water partition coefficient (Wildman–Crippen LogP) is 2.65. The average molecular weight is 184 g/mol. The Labute approximate surface area is 76.2 Å². The molecule has 0 aliphatic rings. The van der Waals surface area contributed by atoms with Crippen LogP contribution < -0.4 is 0 Å². The Morgan fingerprint density at radius 2 is 2.17 bits per heavy atom. The van der Waals surface area contributed by atoms with E-state index in [2.05, 4.69) is 11.6 Å². The number of nitrogens with one attached hydrogen (secondary N) is 1. The van der Waals surface area contributed by atoms with E-state index in [9.17, 15) is 4.79 Å². The summed E-state index contributed by atoms with van der Waals surface area (Å²) in [6.07, 6.45) is 0.753. The molecule has 0 saturated heterocycles. The summed E-state index contributed by atoms with van der Waals surface area (Å²) in [5.74, 6) is 0. The van der Waals surface area contributed by atoms with Crippen LogP contribution in [0.5, 0.6) is 0 Å². The molecule has 1 rings (SSSR count). The lowest BCUT2D eigenvalue weighted by Gasteiger charge is -1.96. The smallest absolute Gasteiger partial charge is 0.166 e. The third-order valence-corrected chi connectivity index (χ3v) is 2.11. The van der Waals surface area contributed by atoms with Crippen molar-refractivity contribution in [1.82, 2.24) is 4.98 Å². The molecule has 0 aliphatic heterocycles. The number of carbonyl (C=O) groups is 1. The molecule has 0 aromatic carbocycles. The van der Waals surface area contributed by atoms with Gasteiger partial charge in [-0.05, 0) is 19.4 Å². The highest BCUT2D eigenvalue weighted by Crippen LogP contribution is 2.25. The van der Waals surface area contributed by atoms with Crippen molar-refractivity contribution >= 4 is 22.9 Å². The van der Waals surface area contributed by atoms with Crippen LogP contribution in [0.15, 0.2) is 6.58 Å². The van der Waals surface area contributed by atoms with Gasteiger partial charge in [-0.15, -0.1) is 0 Å². The minimum atomic E-state index is 0.402. The van der Waals surface area contributed by atoms with Crippen molar-refractivity contribution in [2.75, 3.05) is 0 Å². The lowest BCUT2D eigenvalue weighted by atomic mass is 10.1. The molecule has 64 valence electrons. The van der Waals surface area contributed by atoms with Gasteiger partial charge in [-0.25, -0.2) is 0 Å². The second-order valence-corrected chi connectivity index (χ2v) is 3.14. The molecular weight excluding hydrogens is 174 g/mol. The van der Waals surface area contributed by atoms with E-state index in [0.29, 0.717) is 10.7 Å². The molecule has 0 saturated carbocycles. The number of halogens is 1. The first-order valence-corrected chi connectivity index (χ1v) is 3.94. The van der Waals surface area contributed by atoms with Crippen molar-refractivity contribution in [3.05, 3.63) is 29.1 Å². The topological polar surface area (TPSA) is 32.9 Å². The van der Waals surface area contributed by atoms with Gasteiger partial charge in [-0.1, -0.05) is 18.2 Å². The van der Waals surface area contributed by atoms with Crippen molar-refractivity contribution in [1.29, 1.82) is 0 Å². The Bertz CT molecular complexity index is 339. The minimum Gasteiger partial charge on any atom is -0.356 e. The van der Waals surface area contributed by atoms with Crippen molar-refractivity contribution in [3.8, 4) is 0 Å². The molecule has 0 atom stereocenters. The molecule has 0 unspecified atom stereocenters. The van der Waals surface area contributed by atoms with E-state index in [-0.39, 0.29) is 0 Å². The molecule has 1 heterocycles. The van der Waals surface area contributed by atoms with Crippen LogP contribution in [0.25, 0.3) is 5.03 Å². The molecule has 1 aromatic rings. The molecule has 0 fully saturated rings. The molecule has 1 N–H and O–H groups in total. The lowest BCUT2D eigenvalue weighted by Crippen LogP contribution is -1.85. The zero-order valence-electron chi connectivity index (χ0n) is 7.07. The number of H-pyrrole nitrogens is 1. The molecule has 0 spiro atoms. The Balaban J connectivity index is 3.40. The van der Waals surface area contributed by atoms with Crippen molar-refractivity contribution in [3.63, 3.8) is 0 Å². The third kappa shape index (κ3) is 1.30. The molecule has 2 nitrogen and oxygen atoms in total. The molecule has 0 bridgehead atoms. The van der Waals surface area contributed by atoms with E-state index >= 15 is 0 Å². The Morgan fingerprint density at radius 3 is 2.50 bits per heavy atom. The fourth-order valence-corrected chi connectivity index (χ4v) is 1.43. The number of hydrogen-bond donors (Lipinski definition) is 1. The van der Waals surface area contributed by atoms with Gasteiger partial charge in [0.15, 0.2) is 6.29 Å². The van der Waals surface area contributed by atoms with E-state index in [1.54, 1.807) is 0 Å². The Kier molecular flexibility index (Phi) is 2.38. The molecule has 0 radical (unpaired) electrons. The van der Waals surface area contributed by atoms with Crippen LogP contribution in [0.4, 0.5) is 0 Å². The van der Waals surface area contributed by atoms with Gasteiger partial charge < -0.3 is 4.98 Å². The monoisotopic (exact) mass is 183 g/mol. The van der Waals surface area contributed by atoms with Gasteiger partial charge in [0.25, 0.3) is 0 Å². The van der Waals surface area contributed by atoms with Gasteiger partial charge in [0.2, 0.25) is 0 Å². The fraction of sp³-hybridized carbons (Fsp3) is 0.222. The highest BCUT2D eigenvalue weighted by atomic mass is 35.5. The van der Waals surface area contributed by atoms with E-state index in [1.807, 2.05) is 13.8 Å². The van der Waals surface area contributed by atoms with E-state index in [0.717, 1.165) is 23.1 Å². The van der Waals surface area contributed by atoms with Gasteiger partial charge in [0.05, 0.1) is 5.69 Å². The largest absolute Gasteiger partial charge is 0.356 e. The fourth-order valence-electron chi connectivity index (χ4n) is 1.19. The standard InChI is InChI=1S/C9H10ClNO/c1-5-7(3)11-8(4-12)9(5)6(2)10/h4,11H,2H2,1,3H3. The number of aromatic nitrogens is 1. The van der Waals surface area contributed by atoms with Gasteiger partial charge in [-0.3, -0.25) is 4.79 Å². The van der Waals surface area contributed by atoms with Crippen LogP contribution in [0.2, 0.25) is 0 Å². The second kappa shape index (κ2) is 3.15. The van der Waals surface area contributed by atoms with E-state index in [1.165, 1.54) is 0 Å². The van der Waals surface area contributed by atoms with Crippen molar-refractivity contribution < 1.29 is 4.79 Å². The summed E-state index contributed by atoms with van der Waals surface area (Å²) in [5.41, 5.74) is 3.17. The first-order valence-electron chi connectivity index (χ1n) is 3.57. The summed E-state index contributed by atoms with van der Waals surface area (Å²) in [5, 5.41) is 0.402. The van der Waals surface area contributed by atoms with Crippen LogP contribution >= 0.6 is 11.6 Å². The minimum absolute atomic E-state index is 0.402. The number of hydrogen-bond acceptors (Lipinski definition) is 1. The van der Waals surface area contributed by atoms with Crippen LogP contribution in [0.1, 0.15) is 27.3 Å². The zero-order valence-corrected chi connectivity index (χ0v) is 7.83. The quantitative estimate of drug-likeness (QED) is 0.703. The maximum absolute atomic E-state index is 10.6. The average Bonchev–Trinajstić information content (AvgIpc) is 2.28. The Morgan fingerprint density at radius 1 is 1.58 bits per heavy atom. The van der Waals surface area contributed by atoms with E-state index < -0.39 is 0 Å². The summed E-state index contributed by atoms with van der Waals surface area (Å²) < 4.78 is 0. The van der Waals surface area contributed by atoms with E-state index in [4.69, 9.17) is 11.6 Å². The number of aldehydes is 1. The Hall–Kier alpha value is -1.02. The van der Waals surface area contributed by atoms with Crippen LogP contribution in [0, 0.1) is 13.8 Å². The maximum Gasteiger partial charge on any atom is 0.166 e. The van der Waals surface area contributed by atoms with Gasteiger partial charge >= 0.3 is 0 Å². The molecule has 0 amide bonds. The van der Waals surface area contributed by atoms with Crippen LogP contribution in [-0.2, 0) is 0 Å². The van der Waals surface area contributed by atoms with Gasteiger partial charge in [0, 0.05) is 16.3 Å². The first-order chi connectivity index (χ1) is 5.57. The molecule has 3 heteroatoms. The molecular formula is C9H10ClNO. The van der Waals surface area contributed by atoms with Crippen LogP contribution in [0.3, 0.4) is 0 Å². The number of carbonyl (C=O) groups excluding carboxylic acids is 1. The number of rotatable bonds is 2. The summed E-state index contributed by atoms with van der Waals surface area (Å²) in [6.45, 7) is 7.39. The molecule has 0 aliphatic carbocycles. The van der Waals surface area contributed by atoms with Crippen molar-refractivity contribution in [2.24, 2.45) is 0 Å². The van der Waals surface area contributed by atoms with Gasteiger partial charge in [-0.2, -0.15) is 0 Å². The maximum atomic E-state index is 10.6. The lowest BCUT2D eigenvalue weighted by molar-refractivity contribution is 0.111. The zero-order chi connectivity index (χ0) is 9.30. The highest BCUT2D eigenvalue weighted by Gasteiger charge is 2.11. The van der Waals surface area contributed by atoms with Crippen LogP contribution in [-0.4, -0.2) is 11.3 Å². The summed E-state index contributed by atoms with van der Waals surface area (Å²) in [7, 11) is 0. The normalized spacial score (nSPS) is 9.92. The molecule has 1 aromatic heterocycles. The SMILES string of the molecule is C=C(Cl)c1c(C=O)[nH]c(C)c1C. The predicted molar refractivity (Wildman–Crippen MR) is 50.5 cm³/mol. The van der Waals surface area contributed by atoms with Crippen molar-refractivity contribution in [2.45, 2.75) is 13.8 Å². The summed E-state index contributed by atoms with van der Waals surface area (Å²) >= 11 is 5.73. The third-order valence-electron chi connectivity index (χ3n) is 1.92. The summed E-state index contributed by atoms with van der Waals surface area (Å²) in [4.78, 5) is 13.5. The number of aromatic amines is 1. The van der Waals surface area contributed by atoms with Gasteiger partial charge in [0.1, 0.15) is 0 Å². The number of aryl methyl sites for hydroxylation is 1. The highest BCUT2D eigenvalue weighted by molar-refractivity contribution is 6.48. The summed E-state index contributed by atoms with van der Waals surface area (Å²) in [6, 6.07) is 0.